The van der Waals surface area contributed by atoms with Crippen LogP contribution in [0, 0.1) is 0 Å². The van der Waals surface area contributed by atoms with Gasteiger partial charge in [-0.3, -0.25) is 14.4 Å². The third-order valence-corrected chi connectivity index (χ3v) is 1.55. The van der Waals surface area contributed by atoms with E-state index in [2.05, 4.69) is 9.47 Å². The highest BCUT2D eigenvalue weighted by Gasteiger charge is 2.09. The lowest BCUT2D eigenvalue weighted by Gasteiger charge is -2.04. The Labute approximate surface area is 98.0 Å². The second-order valence-corrected chi connectivity index (χ2v) is 2.97. The van der Waals surface area contributed by atoms with Crippen LogP contribution in [0.4, 0.5) is 0 Å². The van der Waals surface area contributed by atoms with Crippen LogP contribution in [-0.2, 0) is 33.4 Å². The smallest absolute Gasteiger partial charge is 0.351 e. The lowest BCUT2D eigenvalue weighted by atomic mass is 10.3. The van der Waals surface area contributed by atoms with Crippen LogP contribution in [-0.4, -0.2) is 37.6 Å². The monoisotopic (exact) mass is 246 g/mol. The minimum Gasteiger partial charge on any atom is -0.465 e. The molecule has 96 valence electrons. The third-order valence-electron chi connectivity index (χ3n) is 1.55. The van der Waals surface area contributed by atoms with E-state index in [-0.39, 0.29) is 25.5 Å². The summed E-state index contributed by atoms with van der Waals surface area (Å²) in [6.07, 6.45) is 0.811. The molecule has 17 heavy (non-hydrogen) atoms. The summed E-state index contributed by atoms with van der Waals surface area (Å²) in [6, 6.07) is 0. The van der Waals surface area contributed by atoms with Crippen LogP contribution >= 0.6 is 0 Å². The fraction of sp³-hybridized carbons (Fsp3) is 0.600. The van der Waals surface area contributed by atoms with Crippen molar-refractivity contribution in [3.8, 4) is 0 Å². The molecule has 0 radical (unpaired) electrons. The quantitative estimate of drug-likeness (QED) is 0.256. The van der Waals surface area contributed by atoms with Crippen molar-refractivity contribution in [2.24, 2.45) is 0 Å². The Morgan fingerprint density at radius 3 is 2.24 bits per heavy atom. The van der Waals surface area contributed by atoms with Crippen LogP contribution in [0.25, 0.3) is 0 Å². The molecule has 0 heterocycles. The summed E-state index contributed by atoms with van der Waals surface area (Å²) < 4.78 is 13.0. The summed E-state index contributed by atoms with van der Waals surface area (Å²) in [4.78, 5) is 42.2. The topological polar surface area (TPSA) is 96.0 Å². The van der Waals surface area contributed by atoms with Crippen LogP contribution in [0.2, 0.25) is 0 Å². The molecule has 0 N–H and O–H groups in total. The first-order chi connectivity index (χ1) is 8.10. The minimum atomic E-state index is -0.962. The van der Waals surface area contributed by atoms with Crippen molar-refractivity contribution < 1.29 is 33.4 Å². The van der Waals surface area contributed by atoms with E-state index in [4.69, 9.17) is 4.74 Å². The van der Waals surface area contributed by atoms with Crippen LogP contribution in [0.15, 0.2) is 0 Å². The van der Waals surface area contributed by atoms with E-state index in [1.54, 1.807) is 0 Å². The number of hydrogen-bond acceptors (Lipinski definition) is 7. The van der Waals surface area contributed by atoms with Crippen molar-refractivity contribution in [2.75, 3.05) is 13.2 Å². The van der Waals surface area contributed by atoms with Gasteiger partial charge in [-0.2, -0.15) is 0 Å². The summed E-state index contributed by atoms with van der Waals surface area (Å²) in [5, 5.41) is 0. The number of hydrogen-bond donors (Lipinski definition) is 0. The molecule has 0 aromatic rings. The van der Waals surface area contributed by atoms with Gasteiger partial charge in [0.2, 0.25) is 0 Å². The lowest BCUT2D eigenvalue weighted by Crippen LogP contribution is -2.17. The van der Waals surface area contributed by atoms with Gasteiger partial charge < -0.3 is 14.2 Å². The molecule has 0 aliphatic rings. The van der Waals surface area contributed by atoms with Crippen molar-refractivity contribution in [2.45, 2.75) is 26.2 Å². The molecule has 0 spiro atoms. The minimum absolute atomic E-state index is 0.0529. The number of carbonyl (C=O) groups is 4. The average molecular weight is 246 g/mol. The van der Waals surface area contributed by atoms with Gasteiger partial charge in [0.15, 0.2) is 6.61 Å². The highest BCUT2D eigenvalue weighted by molar-refractivity contribution is 5.80. The molecule has 0 aliphatic carbocycles. The summed E-state index contributed by atoms with van der Waals surface area (Å²) in [5.74, 6) is -2.06. The summed E-state index contributed by atoms with van der Waals surface area (Å²) >= 11 is 0. The van der Waals surface area contributed by atoms with E-state index >= 15 is 0 Å². The van der Waals surface area contributed by atoms with Crippen molar-refractivity contribution in [1.82, 2.24) is 0 Å². The molecule has 0 bridgehead atoms. The van der Waals surface area contributed by atoms with Crippen LogP contribution in [0.1, 0.15) is 26.2 Å². The first-order valence-electron chi connectivity index (χ1n) is 5.04. The van der Waals surface area contributed by atoms with E-state index in [9.17, 15) is 19.2 Å². The van der Waals surface area contributed by atoms with Crippen molar-refractivity contribution in [3.05, 3.63) is 0 Å². The standard InChI is InChI=1S/C10H14O7/c1-2-3-8(12)15-5-4-9(13)16-6-10(14)17-7-11/h7H,2-6H2,1H3. The van der Waals surface area contributed by atoms with Crippen molar-refractivity contribution in [3.63, 3.8) is 0 Å². The molecule has 7 nitrogen and oxygen atoms in total. The normalized spacial score (nSPS) is 9.24. The SMILES string of the molecule is CCCC(=O)OCCC(=O)OCC(=O)OC=O. The summed E-state index contributed by atoms with van der Waals surface area (Å²) in [7, 11) is 0. The Kier molecular flexibility index (Phi) is 8.26. The summed E-state index contributed by atoms with van der Waals surface area (Å²) in [5.41, 5.74) is 0. The summed E-state index contributed by atoms with van der Waals surface area (Å²) in [6.45, 7) is 1.04. The second-order valence-electron chi connectivity index (χ2n) is 2.97. The lowest BCUT2D eigenvalue weighted by molar-refractivity contribution is -0.163. The predicted molar refractivity (Wildman–Crippen MR) is 53.6 cm³/mol. The fourth-order valence-electron chi connectivity index (χ4n) is 0.824. The second kappa shape index (κ2) is 9.32. The number of rotatable bonds is 8. The predicted octanol–water partition coefficient (Wildman–Crippen LogP) is -0.0374. The van der Waals surface area contributed by atoms with Gasteiger partial charge in [-0.1, -0.05) is 6.92 Å². The Bertz CT molecular complexity index is 284. The largest absolute Gasteiger partial charge is 0.465 e. The maximum atomic E-state index is 11.0. The van der Waals surface area contributed by atoms with Crippen LogP contribution < -0.4 is 0 Å². The van der Waals surface area contributed by atoms with Gasteiger partial charge in [0.1, 0.15) is 6.61 Å². The zero-order valence-corrected chi connectivity index (χ0v) is 9.47. The molecule has 0 saturated heterocycles. The first kappa shape index (κ1) is 15.1. The average Bonchev–Trinajstić information content (AvgIpc) is 2.27. The Morgan fingerprint density at radius 1 is 1.00 bits per heavy atom. The van der Waals surface area contributed by atoms with E-state index < -0.39 is 18.5 Å². The highest BCUT2D eigenvalue weighted by atomic mass is 16.6. The third kappa shape index (κ3) is 9.04. The molecule has 0 rings (SSSR count). The maximum absolute atomic E-state index is 11.0. The van der Waals surface area contributed by atoms with Crippen molar-refractivity contribution in [1.29, 1.82) is 0 Å². The molecule has 0 fully saturated rings. The van der Waals surface area contributed by atoms with Gasteiger partial charge in [0.25, 0.3) is 0 Å². The number of esters is 3. The van der Waals surface area contributed by atoms with E-state index in [1.807, 2.05) is 6.92 Å². The van der Waals surface area contributed by atoms with Gasteiger partial charge in [0.05, 0.1) is 6.42 Å². The van der Waals surface area contributed by atoms with Gasteiger partial charge in [0, 0.05) is 6.42 Å². The van der Waals surface area contributed by atoms with Crippen LogP contribution in [0.5, 0.6) is 0 Å². The maximum Gasteiger partial charge on any atom is 0.351 e. The Hall–Kier alpha value is -1.92. The molecule has 0 aromatic carbocycles. The van der Waals surface area contributed by atoms with E-state index in [0.717, 1.165) is 0 Å². The van der Waals surface area contributed by atoms with E-state index in [1.165, 1.54) is 0 Å². The molecule has 0 aromatic heterocycles. The zero-order chi connectivity index (χ0) is 13.1. The van der Waals surface area contributed by atoms with Gasteiger partial charge >= 0.3 is 24.4 Å². The molecule has 0 atom stereocenters. The van der Waals surface area contributed by atoms with E-state index in [0.29, 0.717) is 12.8 Å². The number of carbonyl (C=O) groups excluding carboxylic acids is 4. The van der Waals surface area contributed by atoms with Gasteiger partial charge in [-0.05, 0) is 6.42 Å². The molecule has 0 aliphatic heterocycles. The molecular formula is C10H14O7. The molecule has 0 saturated carbocycles. The fourth-order valence-corrected chi connectivity index (χ4v) is 0.824. The van der Waals surface area contributed by atoms with Crippen LogP contribution in [0.3, 0.4) is 0 Å². The Morgan fingerprint density at radius 2 is 1.65 bits per heavy atom. The first-order valence-corrected chi connectivity index (χ1v) is 5.04. The Balaban J connectivity index is 3.56. The molecular weight excluding hydrogens is 232 g/mol. The zero-order valence-electron chi connectivity index (χ0n) is 9.47. The highest BCUT2D eigenvalue weighted by Crippen LogP contribution is 1.94. The van der Waals surface area contributed by atoms with Gasteiger partial charge in [-0.15, -0.1) is 0 Å². The molecule has 7 heteroatoms. The molecule has 0 unspecified atom stereocenters. The van der Waals surface area contributed by atoms with Crippen molar-refractivity contribution >= 4 is 24.4 Å². The van der Waals surface area contributed by atoms with Gasteiger partial charge in [-0.25, -0.2) is 4.79 Å². The molecule has 0 amide bonds. The number of ether oxygens (including phenoxy) is 3.